The number of hydrogen-bond donors (Lipinski definition) is 2. The van der Waals surface area contributed by atoms with Crippen molar-refractivity contribution in [1.82, 2.24) is 10.2 Å². The molecule has 0 spiro atoms. The van der Waals surface area contributed by atoms with Crippen LogP contribution in [0.25, 0.3) is 0 Å². The Balaban J connectivity index is 2.17. The van der Waals surface area contributed by atoms with Crippen LogP contribution >= 0.6 is 11.8 Å². The number of nitrogens with zero attached hydrogens (tertiary/aromatic N) is 2. The molecule has 0 aromatic heterocycles. The van der Waals surface area contributed by atoms with Crippen LogP contribution in [0.5, 0.6) is 0 Å². The number of nitrogens with one attached hydrogen (secondary N) is 1. The van der Waals surface area contributed by atoms with Crippen molar-refractivity contribution in [3.8, 4) is 0 Å². The molecule has 1 saturated heterocycles. The first-order valence-corrected chi connectivity index (χ1v) is 8.07. The monoisotopic (exact) mass is 334 g/mol. The normalized spacial score (nSPS) is 18.8. The fraction of sp³-hybridized carbons (Fsp3) is 0.333. The number of primary amides is 1. The molecular weight excluding hydrogens is 316 g/mol. The van der Waals surface area contributed by atoms with E-state index in [1.165, 1.54) is 23.6 Å². The zero-order valence-electron chi connectivity index (χ0n) is 12.9. The zero-order valence-corrected chi connectivity index (χ0v) is 13.7. The molecule has 1 aliphatic rings. The molecule has 0 aliphatic carbocycles. The second kappa shape index (κ2) is 7.28. The van der Waals surface area contributed by atoms with Gasteiger partial charge in [0.05, 0.1) is 11.4 Å². The van der Waals surface area contributed by atoms with E-state index in [1.807, 2.05) is 30.3 Å². The summed E-state index contributed by atoms with van der Waals surface area (Å²) in [5.41, 5.74) is 5.83. The summed E-state index contributed by atoms with van der Waals surface area (Å²) in [6, 6.07) is 7.61. The first-order valence-electron chi connectivity index (χ1n) is 7.08. The average molecular weight is 334 g/mol. The van der Waals surface area contributed by atoms with Crippen LogP contribution in [0, 0.1) is 0 Å². The van der Waals surface area contributed by atoms with Crippen LogP contribution in [0.15, 0.2) is 35.3 Å². The van der Waals surface area contributed by atoms with E-state index in [1.54, 1.807) is 6.92 Å². The van der Waals surface area contributed by atoms with Gasteiger partial charge in [-0.1, -0.05) is 30.0 Å². The molecule has 2 atom stereocenters. The van der Waals surface area contributed by atoms with Crippen molar-refractivity contribution in [3.05, 3.63) is 30.3 Å². The lowest BCUT2D eigenvalue weighted by Crippen LogP contribution is -2.52. The fourth-order valence-electron chi connectivity index (χ4n) is 1.98. The van der Waals surface area contributed by atoms with Crippen LogP contribution in [0.4, 0.5) is 5.69 Å². The molecule has 1 fully saturated rings. The van der Waals surface area contributed by atoms with Crippen LogP contribution in [0.3, 0.4) is 0 Å². The molecule has 23 heavy (non-hydrogen) atoms. The summed E-state index contributed by atoms with van der Waals surface area (Å²) >= 11 is 1.28. The van der Waals surface area contributed by atoms with Gasteiger partial charge in [0.2, 0.25) is 17.7 Å². The largest absolute Gasteiger partial charge is 0.368 e. The van der Waals surface area contributed by atoms with Crippen molar-refractivity contribution in [2.45, 2.75) is 25.9 Å². The van der Waals surface area contributed by atoms with E-state index in [-0.39, 0.29) is 11.7 Å². The third-order valence-electron chi connectivity index (χ3n) is 3.33. The van der Waals surface area contributed by atoms with Crippen molar-refractivity contribution in [2.24, 2.45) is 10.7 Å². The van der Waals surface area contributed by atoms with Gasteiger partial charge in [-0.3, -0.25) is 19.3 Å². The van der Waals surface area contributed by atoms with Crippen LogP contribution < -0.4 is 11.1 Å². The van der Waals surface area contributed by atoms with Gasteiger partial charge in [0, 0.05) is 0 Å². The highest BCUT2D eigenvalue weighted by molar-refractivity contribution is 8.15. The summed E-state index contributed by atoms with van der Waals surface area (Å²) in [5.74, 6) is -1.05. The van der Waals surface area contributed by atoms with Gasteiger partial charge >= 0.3 is 0 Å². The maximum Gasteiger partial charge on any atom is 0.243 e. The Morgan fingerprint density at radius 3 is 2.57 bits per heavy atom. The molecule has 2 rings (SSSR count). The summed E-state index contributed by atoms with van der Waals surface area (Å²) < 4.78 is 0. The molecule has 0 radical (unpaired) electrons. The summed E-state index contributed by atoms with van der Waals surface area (Å²) in [7, 11) is 0. The molecule has 0 saturated carbocycles. The lowest BCUT2D eigenvalue weighted by Gasteiger charge is -2.24. The minimum atomic E-state index is -0.801. The molecule has 3 N–H and O–H groups in total. The zero-order chi connectivity index (χ0) is 17.0. The van der Waals surface area contributed by atoms with Gasteiger partial charge in [-0.15, -0.1) is 0 Å². The Bertz CT molecular complexity index is 647. The number of nitrogens with two attached hydrogens (primary N) is 1. The smallest absolute Gasteiger partial charge is 0.243 e. The van der Waals surface area contributed by atoms with E-state index in [4.69, 9.17) is 5.73 Å². The highest BCUT2D eigenvalue weighted by Gasteiger charge is 2.36. The lowest BCUT2D eigenvalue weighted by atomic mass is 10.2. The molecule has 3 amide bonds. The van der Waals surface area contributed by atoms with Crippen LogP contribution in [-0.2, 0) is 14.4 Å². The summed E-state index contributed by atoms with van der Waals surface area (Å²) in [6.45, 7) is 3.08. The summed E-state index contributed by atoms with van der Waals surface area (Å²) in [6.07, 6.45) is 0. The Morgan fingerprint density at radius 1 is 1.30 bits per heavy atom. The number of amidine groups is 1. The number of rotatable bonds is 5. The molecule has 1 heterocycles. The van der Waals surface area contributed by atoms with E-state index in [9.17, 15) is 14.4 Å². The molecule has 1 aromatic rings. The number of carbonyl (C=O) groups excluding carboxylic acids is 3. The van der Waals surface area contributed by atoms with E-state index in [0.717, 1.165) is 0 Å². The van der Waals surface area contributed by atoms with E-state index in [0.29, 0.717) is 10.9 Å². The summed E-state index contributed by atoms with van der Waals surface area (Å²) in [5, 5.41) is 2.96. The predicted molar refractivity (Wildman–Crippen MR) is 89.1 cm³/mol. The standard InChI is InChI=1S/C15H18N4O3S/c1-9(13(16)21)17-14(22)10(2)19-12(20)8-23-15(19)18-11-6-4-3-5-7-11/h3-7,9-10H,8H2,1-2H3,(H2,16,21)(H,17,22)/b18-15-/t9-,10-/m0/s1. The van der Waals surface area contributed by atoms with Crippen molar-refractivity contribution in [3.63, 3.8) is 0 Å². The van der Waals surface area contributed by atoms with Gasteiger partial charge in [-0.25, -0.2) is 4.99 Å². The molecule has 122 valence electrons. The molecule has 0 bridgehead atoms. The molecular formula is C15H18N4O3S. The van der Waals surface area contributed by atoms with Crippen molar-refractivity contribution in [2.75, 3.05) is 5.75 Å². The first kappa shape index (κ1) is 17.0. The first-order chi connectivity index (χ1) is 10.9. The van der Waals surface area contributed by atoms with Gasteiger partial charge < -0.3 is 11.1 Å². The molecule has 1 aliphatic heterocycles. The molecule has 1 aromatic carbocycles. The highest BCUT2D eigenvalue weighted by Crippen LogP contribution is 2.25. The van der Waals surface area contributed by atoms with Gasteiger partial charge in [0.15, 0.2) is 5.17 Å². The average Bonchev–Trinajstić information content (AvgIpc) is 2.88. The fourth-order valence-corrected chi connectivity index (χ4v) is 2.94. The quantitative estimate of drug-likeness (QED) is 0.824. The summed E-state index contributed by atoms with van der Waals surface area (Å²) in [4.78, 5) is 41.1. The maximum absolute atomic E-state index is 12.2. The minimum absolute atomic E-state index is 0.195. The van der Waals surface area contributed by atoms with Crippen LogP contribution in [0.1, 0.15) is 13.8 Å². The Labute approximate surface area is 138 Å². The number of hydrogen-bond acceptors (Lipinski definition) is 5. The lowest BCUT2D eigenvalue weighted by molar-refractivity contribution is -0.134. The number of carbonyl (C=O) groups is 3. The third-order valence-corrected chi connectivity index (χ3v) is 4.27. The number of thioether (sulfide) groups is 1. The number of aliphatic imine (C=N–C) groups is 1. The molecule has 7 nitrogen and oxygen atoms in total. The SMILES string of the molecule is C[C@H](NC(=O)[C@H](C)N1C(=O)CS/C1=N\c1ccccc1)C(N)=O. The topological polar surface area (TPSA) is 105 Å². The Morgan fingerprint density at radius 2 is 1.96 bits per heavy atom. The molecule has 0 unspecified atom stereocenters. The predicted octanol–water partition coefficient (Wildman–Crippen LogP) is 0.628. The van der Waals surface area contributed by atoms with Crippen LogP contribution in [-0.4, -0.2) is 45.6 Å². The Hall–Kier alpha value is -2.35. The van der Waals surface area contributed by atoms with Gasteiger partial charge in [0.1, 0.15) is 12.1 Å². The van der Waals surface area contributed by atoms with E-state index in [2.05, 4.69) is 10.3 Å². The number of amides is 3. The van der Waals surface area contributed by atoms with Gasteiger partial charge in [-0.05, 0) is 26.0 Å². The minimum Gasteiger partial charge on any atom is -0.368 e. The van der Waals surface area contributed by atoms with E-state index >= 15 is 0 Å². The molecule has 8 heteroatoms. The van der Waals surface area contributed by atoms with Crippen molar-refractivity contribution >= 4 is 40.3 Å². The number of para-hydroxylation sites is 1. The van der Waals surface area contributed by atoms with E-state index < -0.39 is 23.9 Å². The van der Waals surface area contributed by atoms with Crippen molar-refractivity contribution in [1.29, 1.82) is 0 Å². The second-order valence-corrected chi connectivity index (χ2v) is 6.03. The van der Waals surface area contributed by atoms with Crippen LogP contribution in [0.2, 0.25) is 0 Å². The van der Waals surface area contributed by atoms with Gasteiger partial charge in [-0.2, -0.15) is 0 Å². The Kier molecular flexibility index (Phi) is 5.38. The second-order valence-electron chi connectivity index (χ2n) is 5.09. The maximum atomic E-state index is 12.2. The third kappa shape index (κ3) is 4.10. The number of benzene rings is 1. The van der Waals surface area contributed by atoms with Crippen molar-refractivity contribution < 1.29 is 14.4 Å². The van der Waals surface area contributed by atoms with Gasteiger partial charge in [0.25, 0.3) is 0 Å². The highest BCUT2D eigenvalue weighted by atomic mass is 32.2.